The Hall–Kier alpha value is -4.18. The van der Waals surface area contributed by atoms with E-state index < -0.39 is 10.8 Å². The molecule has 1 aromatic heterocycles. The molecule has 172 valence electrons. The number of hydrogen-bond acceptors (Lipinski definition) is 7. The molecule has 4 rings (SSSR count). The number of furan rings is 1. The molecule has 0 saturated heterocycles. The molecule has 0 saturated carbocycles. The molecule has 1 N–H and O–H groups in total. The van der Waals surface area contributed by atoms with Crippen LogP contribution in [0.4, 0.5) is 5.69 Å². The minimum absolute atomic E-state index is 0.00880. The van der Waals surface area contributed by atoms with E-state index in [1.807, 2.05) is 18.2 Å². The molecule has 10 heteroatoms. The van der Waals surface area contributed by atoms with Crippen molar-refractivity contribution in [3.8, 4) is 11.5 Å². The maximum absolute atomic E-state index is 12.3. The lowest BCUT2D eigenvalue weighted by Gasteiger charge is -2.12. The lowest BCUT2D eigenvalue weighted by molar-refractivity contribution is -0.384. The van der Waals surface area contributed by atoms with Gasteiger partial charge in [0.25, 0.3) is 5.69 Å². The Bertz CT molecular complexity index is 1370. The van der Waals surface area contributed by atoms with Gasteiger partial charge in [0.05, 0.1) is 18.2 Å². The number of methoxy groups -OCH3 is 1. The van der Waals surface area contributed by atoms with Crippen LogP contribution in [0.2, 0.25) is 0 Å². The molecule has 0 spiro atoms. The molecule has 1 heterocycles. The summed E-state index contributed by atoms with van der Waals surface area (Å²) in [6, 6.07) is 18.5. The fourth-order valence-corrected chi connectivity index (χ4v) is 3.58. The number of nitrogens with zero attached hydrogens (tertiary/aromatic N) is 2. The smallest absolute Gasteiger partial charge is 0.307 e. The van der Waals surface area contributed by atoms with Gasteiger partial charge in [0, 0.05) is 27.6 Å². The van der Waals surface area contributed by atoms with E-state index in [2.05, 4.69) is 26.5 Å². The van der Waals surface area contributed by atoms with Crippen LogP contribution in [0.5, 0.6) is 11.5 Å². The summed E-state index contributed by atoms with van der Waals surface area (Å²) in [5.41, 5.74) is 4.32. The lowest BCUT2D eigenvalue weighted by Crippen LogP contribution is -2.16. The number of rotatable bonds is 8. The first-order valence-corrected chi connectivity index (χ1v) is 10.8. The number of nitro benzene ring substituents is 1. The van der Waals surface area contributed by atoms with Crippen LogP contribution in [0.25, 0.3) is 11.0 Å². The summed E-state index contributed by atoms with van der Waals surface area (Å²) in [7, 11) is 1.49. The van der Waals surface area contributed by atoms with E-state index in [4.69, 9.17) is 13.9 Å². The Morgan fingerprint density at radius 2 is 1.97 bits per heavy atom. The molecule has 0 atom stereocenters. The average Bonchev–Trinajstić information content (AvgIpc) is 3.28. The van der Waals surface area contributed by atoms with Crippen molar-refractivity contribution >= 4 is 44.7 Å². The fourth-order valence-electron chi connectivity index (χ4n) is 3.15. The highest BCUT2D eigenvalue weighted by Crippen LogP contribution is 2.33. The quantitative estimate of drug-likeness (QED) is 0.186. The first-order chi connectivity index (χ1) is 16.4. The Kier molecular flexibility index (Phi) is 6.88. The molecule has 0 aliphatic heterocycles. The average molecular weight is 524 g/mol. The molecule has 4 aromatic rings. The van der Waals surface area contributed by atoms with Crippen molar-refractivity contribution in [3.05, 3.63) is 98.2 Å². The van der Waals surface area contributed by atoms with E-state index in [-0.39, 0.29) is 18.1 Å². The zero-order valence-corrected chi connectivity index (χ0v) is 19.4. The molecule has 0 aliphatic carbocycles. The maximum atomic E-state index is 12.3. The van der Waals surface area contributed by atoms with Crippen LogP contribution in [-0.4, -0.2) is 24.2 Å². The summed E-state index contributed by atoms with van der Waals surface area (Å²) in [5, 5.41) is 15.8. The molecular formula is C24H18BrN3O6. The number of non-ortho nitro benzene ring substituents is 1. The molecule has 0 aliphatic rings. The fraction of sp³-hybridized carbons (Fsp3) is 0.0833. The molecule has 0 radical (unpaired) electrons. The van der Waals surface area contributed by atoms with Crippen LogP contribution < -0.4 is 14.9 Å². The second-order valence-corrected chi connectivity index (χ2v) is 7.94. The number of carbonyl (C=O) groups excluding carboxylic acids is 1. The number of fused-ring (bicyclic) bond motifs is 1. The maximum Gasteiger partial charge on any atom is 0.307 e. The number of carbonyl (C=O) groups is 1. The van der Waals surface area contributed by atoms with Gasteiger partial charge < -0.3 is 13.9 Å². The monoisotopic (exact) mass is 523 g/mol. The molecule has 34 heavy (non-hydrogen) atoms. The van der Waals surface area contributed by atoms with E-state index in [0.717, 1.165) is 5.39 Å². The van der Waals surface area contributed by atoms with Crippen molar-refractivity contribution in [2.45, 2.75) is 6.61 Å². The Morgan fingerprint density at radius 3 is 2.74 bits per heavy atom. The third-order valence-corrected chi connectivity index (χ3v) is 5.50. The largest absolute Gasteiger partial charge is 0.493 e. The van der Waals surface area contributed by atoms with E-state index in [1.165, 1.54) is 25.5 Å². The number of hydrogen-bond donors (Lipinski definition) is 1. The predicted octanol–water partition coefficient (Wildman–Crippen LogP) is 5.46. The standard InChI is InChI=1S/C24H18BrN3O6/c1-32-21-11-17(13-26-27-24(29)23-10-16-6-2-3-8-20(16)34-23)19(25)12-22(21)33-14-15-5-4-7-18(9-15)28(30)31/h2-13H,14H2,1H3,(H,27,29)/b26-13+. The van der Waals surface area contributed by atoms with Crippen molar-refractivity contribution in [1.82, 2.24) is 5.43 Å². The summed E-state index contributed by atoms with van der Waals surface area (Å²) < 4.78 is 17.4. The molecule has 9 nitrogen and oxygen atoms in total. The molecule has 1 amide bonds. The van der Waals surface area contributed by atoms with Gasteiger partial charge >= 0.3 is 5.91 Å². The topological polar surface area (TPSA) is 116 Å². The van der Waals surface area contributed by atoms with Crippen LogP contribution in [-0.2, 0) is 6.61 Å². The minimum atomic E-state index is -0.479. The van der Waals surface area contributed by atoms with E-state index in [0.29, 0.717) is 32.7 Å². The van der Waals surface area contributed by atoms with Crippen LogP contribution in [0, 0.1) is 10.1 Å². The van der Waals surface area contributed by atoms with Crippen molar-refractivity contribution in [3.63, 3.8) is 0 Å². The van der Waals surface area contributed by atoms with Gasteiger partial charge in [0.15, 0.2) is 17.3 Å². The summed E-state index contributed by atoms with van der Waals surface area (Å²) in [6.07, 6.45) is 1.46. The highest BCUT2D eigenvalue weighted by Gasteiger charge is 2.13. The van der Waals surface area contributed by atoms with Crippen LogP contribution in [0.1, 0.15) is 21.7 Å². The van der Waals surface area contributed by atoms with Gasteiger partial charge in [0.1, 0.15) is 12.2 Å². The minimum Gasteiger partial charge on any atom is -0.493 e. The van der Waals surface area contributed by atoms with Crippen molar-refractivity contribution < 1.29 is 23.6 Å². The van der Waals surface area contributed by atoms with Gasteiger partial charge in [-0.05, 0) is 45.8 Å². The first-order valence-electron chi connectivity index (χ1n) is 10.0. The van der Waals surface area contributed by atoms with Crippen LogP contribution in [0.3, 0.4) is 0 Å². The number of hydrazone groups is 1. The molecule has 0 fully saturated rings. The number of para-hydroxylation sites is 1. The van der Waals surface area contributed by atoms with Gasteiger partial charge in [-0.15, -0.1) is 0 Å². The van der Waals surface area contributed by atoms with E-state index in [1.54, 1.807) is 36.4 Å². The SMILES string of the molecule is COc1cc(/C=N/NC(=O)c2cc3ccccc3o2)c(Br)cc1OCc1cccc([N+](=O)[O-])c1. The number of amides is 1. The molecule has 0 unspecified atom stereocenters. The zero-order valence-electron chi connectivity index (χ0n) is 17.9. The van der Waals surface area contributed by atoms with Crippen molar-refractivity contribution in [1.29, 1.82) is 0 Å². The third-order valence-electron chi connectivity index (χ3n) is 4.82. The lowest BCUT2D eigenvalue weighted by atomic mass is 10.2. The molecule has 0 bridgehead atoms. The predicted molar refractivity (Wildman–Crippen MR) is 129 cm³/mol. The Morgan fingerprint density at radius 1 is 1.15 bits per heavy atom. The summed E-state index contributed by atoms with van der Waals surface area (Å²) in [6.45, 7) is 0.117. The van der Waals surface area contributed by atoms with Gasteiger partial charge in [-0.25, -0.2) is 5.43 Å². The van der Waals surface area contributed by atoms with Gasteiger partial charge in [-0.2, -0.15) is 5.10 Å². The second-order valence-electron chi connectivity index (χ2n) is 7.09. The van der Waals surface area contributed by atoms with Gasteiger partial charge in [-0.1, -0.05) is 30.3 Å². The third kappa shape index (κ3) is 5.24. The van der Waals surface area contributed by atoms with Gasteiger partial charge in [-0.3, -0.25) is 14.9 Å². The highest BCUT2D eigenvalue weighted by atomic mass is 79.9. The number of halogens is 1. The highest BCUT2D eigenvalue weighted by molar-refractivity contribution is 9.10. The zero-order chi connectivity index (χ0) is 24.1. The molecule has 3 aromatic carbocycles. The Labute approximate surface area is 202 Å². The normalized spacial score (nSPS) is 11.0. The number of nitrogens with one attached hydrogen (secondary N) is 1. The number of ether oxygens (including phenoxy) is 2. The van der Waals surface area contributed by atoms with Crippen molar-refractivity contribution in [2.75, 3.05) is 7.11 Å². The Balaban J connectivity index is 1.44. The summed E-state index contributed by atoms with van der Waals surface area (Å²) in [5.74, 6) is 0.537. The second kappa shape index (κ2) is 10.2. The van der Waals surface area contributed by atoms with Crippen LogP contribution in [0.15, 0.2) is 80.7 Å². The molecular weight excluding hydrogens is 506 g/mol. The summed E-state index contributed by atoms with van der Waals surface area (Å²) in [4.78, 5) is 22.8. The van der Waals surface area contributed by atoms with Gasteiger partial charge in [0.2, 0.25) is 0 Å². The summed E-state index contributed by atoms with van der Waals surface area (Å²) >= 11 is 3.46. The first kappa shape index (κ1) is 23.0. The van der Waals surface area contributed by atoms with Crippen LogP contribution >= 0.6 is 15.9 Å². The van der Waals surface area contributed by atoms with E-state index in [9.17, 15) is 14.9 Å². The number of nitro groups is 1. The number of benzene rings is 3. The van der Waals surface area contributed by atoms with Crippen molar-refractivity contribution in [2.24, 2.45) is 5.10 Å². The van der Waals surface area contributed by atoms with E-state index >= 15 is 0 Å².